The second kappa shape index (κ2) is 5.73. The first-order valence-electron chi connectivity index (χ1n) is 5.99. The Hall–Kier alpha value is -1.72. The molecule has 0 saturated carbocycles. The lowest BCUT2D eigenvalue weighted by molar-refractivity contribution is 0.0472. The normalized spacial score (nSPS) is 10.7. The maximum atomic E-state index is 11.9. The molecule has 5 heteroatoms. The molecule has 0 N–H and O–H groups in total. The van der Waals surface area contributed by atoms with Crippen molar-refractivity contribution < 1.29 is 9.53 Å². The van der Waals surface area contributed by atoms with Gasteiger partial charge in [-0.25, -0.2) is 9.78 Å². The Morgan fingerprint density at radius 2 is 2.05 bits per heavy atom. The fourth-order valence-electron chi connectivity index (χ4n) is 1.81. The van der Waals surface area contributed by atoms with Gasteiger partial charge < -0.3 is 4.74 Å². The Labute approximate surface area is 128 Å². The Morgan fingerprint density at radius 3 is 2.85 bits per heavy atom. The van der Waals surface area contributed by atoms with E-state index in [1.165, 1.54) is 0 Å². The van der Waals surface area contributed by atoms with Crippen molar-refractivity contribution in [2.45, 2.75) is 6.61 Å². The molecule has 2 aromatic carbocycles. The van der Waals surface area contributed by atoms with E-state index in [-0.39, 0.29) is 12.6 Å². The monoisotopic (exact) mass is 347 g/mol. The van der Waals surface area contributed by atoms with Crippen LogP contribution in [0.5, 0.6) is 0 Å². The van der Waals surface area contributed by atoms with Crippen molar-refractivity contribution in [3.8, 4) is 0 Å². The van der Waals surface area contributed by atoms with E-state index in [4.69, 9.17) is 4.74 Å². The molecule has 0 fully saturated rings. The smallest absolute Gasteiger partial charge is 0.338 e. The lowest BCUT2D eigenvalue weighted by Gasteiger charge is -2.02. The van der Waals surface area contributed by atoms with Gasteiger partial charge in [-0.3, -0.25) is 0 Å². The minimum Gasteiger partial charge on any atom is -0.455 e. The van der Waals surface area contributed by atoms with Gasteiger partial charge in [0.05, 0.1) is 15.8 Å². The molecular weight excluding hydrogens is 338 g/mol. The van der Waals surface area contributed by atoms with Gasteiger partial charge in [0, 0.05) is 4.47 Å². The molecule has 1 aromatic heterocycles. The van der Waals surface area contributed by atoms with Gasteiger partial charge in [-0.2, -0.15) is 0 Å². The van der Waals surface area contributed by atoms with Crippen LogP contribution in [0.3, 0.4) is 0 Å². The van der Waals surface area contributed by atoms with Crippen molar-refractivity contribution in [1.82, 2.24) is 4.98 Å². The second-order valence-corrected chi connectivity index (χ2v) is 6.19. The number of para-hydroxylation sites is 1. The molecule has 0 unspecified atom stereocenters. The maximum absolute atomic E-state index is 11.9. The van der Waals surface area contributed by atoms with Crippen LogP contribution in [0.15, 0.2) is 53.0 Å². The van der Waals surface area contributed by atoms with E-state index >= 15 is 0 Å². The molecular formula is C15H10BrNO2S. The summed E-state index contributed by atoms with van der Waals surface area (Å²) in [6, 6.07) is 15.0. The van der Waals surface area contributed by atoms with E-state index in [9.17, 15) is 4.79 Å². The average Bonchev–Trinajstić information content (AvgIpc) is 2.87. The number of aromatic nitrogens is 1. The number of hydrogen-bond donors (Lipinski definition) is 0. The third-order valence-corrected chi connectivity index (χ3v) is 4.23. The van der Waals surface area contributed by atoms with E-state index in [0.29, 0.717) is 5.56 Å². The summed E-state index contributed by atoms with van der Waals surface area (Å²) in [5.74, 6) is -0.342. The molecule has 3 nitrogen and oxygen atoms in total. The highest BCUT2D eigenvalue weighted by Crippen LogP contribution is 2.22. The predicted molar refractivity (Wildman–Crippen MR) is 82.9 cm³/mol. The fourth-order valence-corrected chi connectivity index (χ4v) is 3.09. The van der Waals surface area contributed by atoms with Crippen LogP contribution in [-0.2, 0) is 11.3 Å². The number of hydrogen-bond acceptors (Lipinski definition) is 4. The van der Waals surface area contributed by atoms with Gasteiger partial charge in [0.2, 0.25) is 0 Å². The number of carbonyl (C=O) groups is 1. The Balaban J connectivity index is 1.71. The van der Waals surface area contributed by atoms with E-state index in [0.717, 1.165) is 19.7 Å². The summed E-state index contributed by atoms with van der Waals surface area (Å²) in [6.07, 6.45) is 0. The molecule has 0 atom stereocenters. The first-order valence-corrected chi connectivity index (χ1v) is 7.60. The number of fused-ring (bicyclic) bond motifs is 1. The zero-order valence-corrected chi connectivity index (χ0v) is 12.8. The number of nitrogens with zero attached hydrogens (tertiary/aromatic N) is 1. The standard InChI is InChI=1S/C15H10BrNO2S/c16-11-5-3-4-10(8-11)15(18)19-9-14-17-12-6-1-2-7-13(12)20-14/h1-8H,9H2. The molecule has 0 amide bonds. The lowest BCUT2D eigenvalue weighted by Crippen LogP contribution is -2.04. The average molecular weight is 348 g/mol. The predicted octanol–water partition coefficient (Wildman–Crippen LogP) is 4.42. The molecule has 0 aliphatic carbocycles. The van der Waals surface area contributed by atoms with Gasteiger partial charge in [0.1, 0.15) is 11.6 Å². The van der Waals surface area contributed by atoms with Crippen LogP contribution >= 0.6 is 27.3 Å². The summed E-state index contributed by atoms with van der Waals surface area (Å²) in [7, 11) is 0. The van der Waals surface area contributed by atoms with Crippen LogP contribution < -0.4 is 0 Å². The Kier molecular flexibility index (Phi) is 3.80. The highest BCUT2D eigenvalue weighted by atomic mass is 79.9. The molecule has 1 heterocycles. The van der Waals surface area contributed by atoms with Gasteiger partial charge in [-0.05, 0) is 30.3 Å². The Bertz CT molecular complexity index is 736. The zero-order chi connectivity index (χ0) is 13.9. The van der Waals surface area contributed by atoms with Gasteiger partial charge in [0.25, 0.3) is 0 Å². The third kappa shape index (κ3) is 2.89. The number of carbonyl (C=O) groups excluding carboxylic acids is 1. The van der Waals surface area contributed by atoms with E-state index in [1.807, 2.05) is 30.3 Å². The van der Waals surface area contributed by atoms with E-state index in [1.54, 1.807) is 29.5 Å². The van der Waals surface area contributed by atoms with Crippen molar-refractivity contribution in [3.05, 3.63) is 63.6 Å². The second-order valence-electron chi connectivity index (χ2n) is 4.16. The molecule has 0 saturated heterocycles. The molecule has 3 rings (SSSR count). The van der Waals surface area contributed by atoms with Crippen molar-refractivity contribution in [1.29, 1.82) is 0 Å². The molecule has 0 spiro atoms. The summed E-state index contributed by atoms with van der Waals surface area (Å²) in [6.45, 7) is 0.199. The van der Waals surface area contributed by atoms with Crippen molar-refractivity contribution in [3.63, 3.8) is 0 Å². The molecule has 0 aliphatic heterocycles. The molecule has 3 aromatic rings. The number of thiazole rings is 1. The van der Waals surface area contributed by atoms with E-state index in [2.05, 4.69) is 20.9 Å². The molecule has 0 aliphatic rings. The highest BCUT2D eigenvalue weighted by molar-refractivity contribution is 9.10. The van der Waals surface area contributed by atoms with Gasteiger partial charge in [0.15, 0.2) is 0 Å². The van der Waals surface area contributed by atoms with Crippen LogP contribution in [0.25, 0.3) is 10.2 Å². The van der Waals surface area contributed by atoms with Gasteiger partial charge in [-0.1, -0.05) is 34.1 Å². The molecule has 20 heavy (non-hydrogen) atoms. The van der Waals surface area contributed by atoms with E-state index < -0.39 is 0 Å². The SMILES string of the molecule is O=C(OCc1nc2ccccc2s1)c1cccc(Br)c1. The highest BCUT2D eigenvalue weighted by Gasteiger charge is 2.09. The summed E-state index contributed by atoms with van der Waals surface area (Å²) < 4.78 is 7.24. The van der Waals surface area contributed by atoms with Crippen LogP contribution in [0.1, 0.15) is 15.4 Å². The minimum atomic E-state index is -0.342. The molecule has 0 radical (unpaired) electrons. The third-order valence-electron chi connectivity index (χ3n) is 2.73. The van der Waals surface area contributed by atoms with Crippen molar-refractivity contribution in [2.24, 2.45) is 0 Å². The zero-order valence-electron chi connectivity index (χ0n) is 10.4. The fraction of sp³-hybridized carbons (Fsp3) is 0.0667. The molecule has 0 bridgehead atoms. The number of halogens is 1. The summed E-state index contributed by atoms with van der Waals surface area (Å²) >= 11 is 4.87. The number of rotatable bonds is 3. The van der Waals surface area contributed by atoms with Crippen LogP contribution in [0, 0.1) is 0 Å². The maximum Gasteiger partial charge on any atom is 0.338 e. The molecule has 100 valence electrons. The summed E-state index contributed by atoms with van der Waals surface area (Å²) in [5, 5.41) is 0.801. The number of esters is 1. The van der Waals surface area contributed by atoms with Crippen molar-refractivity contribution in [2.75, 3.05) is 0 Å². The quantitative estimate of drug-likeness (QED) is 0.658. The summed E-state index contributed by atoms with van der Waals surface area (Å²) in [5.41, 5.74) is 1.46. The first kappa shape index (κ1) is 13.3. The first-order chi connectivity index (χ1) is 9.72. The largest absolute Gasteiger partial charge is 0.455 e. The Morgan fingerprint density at radius 1 is 1.20 bits per heavy atom. The number of ether oxygens (including phenoxy) is 1. The topological polar surface area (TPSA) is 39.2 Å². The van der Waals surface area contributed by atoms with Crippen LogP contribution in [0.2, 0.25) is 0 Å². The van der Waals surface area contributed by atoms with Gasteiger partial charge >= 0.3 is 5.97 Å². The van der Waals surface area contributed by atoms with Crippen molar-refractivity contribution >= 4 is 43.5 Å². The van der Waals surface area contributed by atoms with Crippen LogP contribution in [0.4, 0.5) is 0 Å². The summed E-state index contributed by atoms with van der Waals surface area (Å²) in [4.78, 5) is 16.3. The van der Waals surface area contributed by atoms with Crippen LogP contribution in [-0.4, -0.2) is 11.0 Å². The number of benzene rings is 2. The lowest BCUT2D eigenvalue weighted by atomic mass is 10.2. The van der Waals surface area contributed by atoms with Gasteiger partial charge in [-0.15, -0.1) is 11.3 Å². The minimum absolute atomic E-state index is 0.199.